The van der Waals surface area contributed by atoms with Gasteiger partial charge in [-0.25, -0.2) is 0 Å². The summed E-state index contributed by atoms with van der Waals surface area (Å²) < 4.78 is 5.65. The first kappa shape index (κ1) is 9.38. The largest absolute Gasteiger partial charge is 0.507 e. The molecule has 1 N–H and O–H groups in total. The lowest BCUT2D eigenvalue weighted by molar-refractivity contribution is 0.293. The topological polar surface area (TPSA) is 29.5 Å². The van der Waals surface area contributed by atoms with Crippen LogP contribution in [-0.4, -0.2) is 5.11 Å². The van der Waals surface area contributed by atoms with Gasteiger partial charge in [0.25, 0.3) is 0 Å². The van der Waals surface area contributed by atoms with Crippen molar-refractivity contribution in [2.24, 2.45) is 0 Å². The van der Waals surface area contributed by atoms with Crippen LogP contribution in [0.15, 0.2) is 6.07 Å². The molecule has 1 aliphatic heterocycles. The third kappa shape index (κ3) is 1.35. The molecule has 0 atom stereocenters. The van der Waals surface area contributed by atoms with Gasteiger partial charge in [-0.3, -0.25) is 0 Å². The first-order valence-electron chi connectivity index (χ1n) is 4.92. The van der Waals surface area contributed by atoms with E-state index >= 15 is 0 Å². The summed E-state index contributed by atoms with van der Waals surface area (Å²) in [6, 6.07) is 1.92. The first-order valence-corrected chi connectivity index (χ1v) is 4.92. The minimum absolute atomic E-state index is 0.409. The van der Waals surface area contributed by atoms with Crippen LogP contribution in [0.1, 0.15) is 30.0 Å². The van der Waals surface area contributed by atoms with Gasteiger partial charge in [0.15, 0.2) is 0 Å². The van der Waals surface area contributed by atoms with E-state index in [1.54, 1.807) is 0 Å². The van der Waals surface area contributed by atoms with Gasteiger partial charge < -0.3 is 9.84 Å². The Balaban J connectivity index is 2.54. The van der Waals surface area contributed by atoms with Crippen molar-refractivity contribution in [1.82, 2.24) is 0 Å². The maximum absolute atomic E-state index is 9.77. The zero-order chi connectivity index (χ0) is 10.3. The number of ether oxygens (including phenoxy) is 1. The molecule has 0 amide bonds. The Morgan fingerprint density at radius 1 is 1.21 bits per heavy atom. The second-order valence-corrected chi connectivity index (χ2v) is 3.95. The molecule has 0 saturated heterocycles. The monoisotopic (exact) mass is 191 g/mol. The summed E-state index contributed by atoms with van der Waals surface area (Å²) in [5.74, 6) is 1.33. The van der Waals surface area contributed by atoms with Crippen LogP contribution >= 0.6 is 0 Å². The van der Waals surface area contributed by atoms with E-state index in [1.165, 1.54) is 0 Å². The minimum Gasteiger partial charge on any atom is -0.507 e. The predicted octanol–water partition coefficient (Wildman–Crippen LogP) is 2.89. The number of aromatic hydroxyl groups is 1. The maximum atomic E-state index is 9.77. The first-order chi connectivity index (χ1) is 6.59. The van der Waals surface area contributed by atoms with Crippen LogP contribution in [0, 0.1) is 20.0 Å². The third-order valence-electron chi connectivity index (χ3n) is 2.84. The number of fused-ring (bicyclic) bond motifs is 1. The molecule has 0 saturated carbocycles. The number of phenolic OH excluding ortho intramolecular Hbond substituents is 1. The average molecular weight is 191 g/mol. The summed E-state index contributed by atoms with van der Waals surface area (Å²) in [4.78, 5) is 0. The van der Waals surface area contributed by atoms with Crippen molar-refractivity contribution < 1.29 is 9.84 Å². The molecule has 1 aromatic rings. The predicted molar refractivity (Wildman–Crippen MR) is 55.4 cm³/mol. The fourth-order valence-corrected chi connectivity index (χ4v) is 1.92. The molecule has 75 valence electrons. The summed E-state index contributed by atoms with van der Waals surface area (Å²) in [5.41, 5.74) is 3.00. The quantitative estimate of drug-likeness (QED) is 0.683. The van der Waals surface area contributed by atoms with Gasteiger partial charge in [-0.05, 0) is 50.8 Å². The highest BCUT2D eigenvalue weighted by Gasteiger charge is 2.21. The van der Waals surface area contributed by atoms with Gasteiger partial charge in [0.05, 0.1) is 0 Å². The van der Waals surface area contributed by atoms with E-state index in [-0.39, 0.29) is 0 Å². The van der Waals surface area contributed by atoms with Gasteiger partial charge in [0.2, 0.25) is 0 Å². The second kappa shape index (κ2) is 3.19. The van der Waals surface area contributed by atoms with Crippen LogP contribution in [0.2, 0.25) is 0 Å². The molecule has 0 aromatic heterocycles. The van der Waals surface area contributed by atoms with Gasteiger partial charge in [-0.15, -0.1) is 0 Å². The molecule has 1 radical (unpaired) electrons. The third-order valence-corrected chi connectivity index (χ3v) is 2.84. The van der Waals surface area contributed by atoms with Crippen LogP contribution < -0.4 is 4.74 Å². The molecule has 0 fully saturated rings. The zero-order valence-electron chi connectivity index (χ0n) is 8.85. The van der Waals surface area contributed by atoms with E-state index in [0.29, 0.717) is 5.75 Å². The van der Waals surface area contributed by atoms with E-state index in [2.05, 4.69) is 0 Å². The summed E-state index contributed by atoms with van der Waals surface area (Å²) in [6.45, 7) is 5.85. The smallest absolute Gasteiger partial charge is 0.146 e. The van der Waals surface area contributed by atoms with Gasteiger partial charge in [-0.1, -0.05) is 0 Å². The standard InChI is InChI=1S/C12H15O2/c1-7-6-11-10(9(3)12(7)13)5-4-8(2)14-11/h6,13H,4-5H2,1-3H3. The van der Waals surface area contributed by atoms with Crippen LogP contribution in [0.25, 0.3) is 0 Å². The number of aryl methyl sites for hydroxylation is 1. The van der Waals surface area contributed by atoms with E-state index in [0.717, 1.165) is 41.4 Å². The lowest BCUT2D eigenvalue weighted by Gasteiger charge is -2.24. The maximum Gasteiger partial charge on any atom is 0.146 e. The molecule has 14 heavy (non-hydrogen) atoms. The highest BCUT2D eigenvalue weighted by Crippen LogP contribution is 2.38. The van der Waals surface area contributed by atoms with E-state index in [9.17, 15) is 5.11 Å². The fraction of sp³-hybridized carbons (Fsp3) is 0.417. The van der Waals surface area contributed by atoms with Crippen molar-refractivity contribution >= 4 is 0 Å². The Morgan fingerprint density at radius 3 is 2.64 bits per heavy atom. The minimum atomic E-state index is 0.409. The Kier molecular flexibility index (Phi) is 2.14. The molecule has 2 heteroatoms. The van der Waals surface area contributed by atoms with E-state index < -0.39 is 0 Å². The van der Waals surface area contributed by atoms with Crippen molar-refractivity contribution in [2.75, 3.05) is 0 Å². The highest BCUT2D eigenvalue weighted by molar-refractivity contribution is 5.53. The lowest BCUT2D eigenvalue weighted by atomic mass is 9.95. The lowest BCUT2D eigenvalue weighted by Crippen LogP contribution is -2.13. The van der Waals surface area contributed by atoms with Gasteiger partial charge in [0, 0.05) is 5.56 Å². The molecular weight excluding hydrogens is 176 g/mol. The number of hydrogen-bond acceptors (Lipinski definition) is 2. The van der Waals surface area contributed by atoms with Gasteiger partial charge in [-0.2, -0.15) is 0 Å². The summed E-state index contributed by atoms with van der Waals surface area (Å²) in [6.07, 6.45) is 2.99. The second-order valence-electron chi connectivity index (χ2n) is 3.95. The number of hydrogen-bond donors (Lipinski definition) is 1. The molecule has 0 aliphatic carbocycles. The molecule has 0 unspecified atom stereocenters. The summed E-state index contributed by atoms with van der Waals surface area (Å²) in [7, 11) is 0. The Labute approximate surface area is 84.5 Å². The van der Waals surface area contributed by atoms with E-state index in [4.69, 9.17) is 4.74 Å². The summed E-state index contributed by atoms with van der Waals surface area (Å²) in [5, 5.41) is 9.77. The molecule has 0 spiro atoms. The molecule has 2 nitrogen and oxygen atoms in total. The van der Waals surface area contributed by atoms with Gasteiger partial charge in [0.1, 0.15) is 17.6 Å². The van der Waals surface area contributed by atoms with Crippen molar-refractivity contribution in [1.29, 1.82) is 0 Å². The number of rotatable bonds is 0. The zero-order valence-corrected chi connectivity index (χ0v) is 8.85. The van der Waals surface area contributed by atoms with E-state index in [1.807, 2.05) is 26.8 Å². The highest BCUT2D eigenvalue weighted by atomic mass is 16.5. The molecule has 2 rings (SSSR count). The molecule has 1 aliphatic rings. The molecule has 0 bridgehead atoms. The average Bonchev–Trinajstić information content (AvgIpc) is 2.14. The Hall–Kier alpha value is -1.18. The molecule has 1 heterocycles. The van der Waals surface area contributed by atoms with Gasteiger partial charge >= 0.3 is 0 Å². The normalized spacial score (nSPS) is 16.2. The van der Waals surface area contributed by atoms with Crippen LogP contribution in [-0.2, 0) is 6.42 Å². The van der Waals surface area contributed by atoms with Crippen LogP contribution in [0.3, 0.4) is 0 Å². The summed E-state index contributed by atoms with van der Waals surface area (Å²) >= 11 is 0. The molecule has 1 aromatic carbocycles. The van der Waals surface area contributed by atoms with Crippen molar-refractivity contribution in [3.05, 3.63) is 28.9 Å². The van der Waals surface area contributed by atoms with Crippen LogP contribution in [0.4, 0.5) is 0 Å². The van der Waals surface area contributed by atoms with Crippen LogP contribution in [0.5, 0.6) is 11.5 Å². The van der Waals surface area contributed by atoms with Crippen molar-refractivity contribution in [3.63, 3.8) is 0 Å². The van der Waals surface area contributed by atoms with Crippen molar-refractivity contribution in [3.8, 4) is 11.5 Å². The SMILES string of the molecule is C[C]1CCc2c(cc(C)c(O)c2C)O1. The Morgan fingerprint density at radius 2 is 1.93 bits per heavy atom. The Bertz CT molecular complexity index is 369. The molecular formula is C12H15O2. The number of benzene rings is 1. The fourth-order valence-electron chi connectivity index (χ4n) is 1.92. The number of phenols is 1. The van der Waals surface area contributed by atoms with Crippen molar-refractivity contribution in [2.45, 2.75) is 33.6 Å².